The van der Waals surface area contributed by atoms with Gasteiger partial charge in [-0.25, -0.2) is 0 Å². The predicted molar refractivity (Wildman–Crippen MR) is 86.4 cm³/mol. The number of amides is 2. The molecule has 2 amide bonds. The summed E-state index contributed by atoms with van der Waals surface area (Å²) >= 11 is 0. The largest absolute Gasteiger partial charge is 0.342 e. The van der Waals surface area contributed by atoms with Crippen molar-refractivity contribution >= 4 is 17.5 Å². The van der Waals surface area contributed by atoms with Gasteiger partial charge in [0.1, 0.15) is 0 Å². The highest BCUT2D eigenvalue weighted by atomic mass is 16.2. The summed E-state index contributed by atoms with van der Waals surface area (Å²) in [5, 5.41) is 11.6. The van der Waals surface area contributed by atoms with Gasteiger partial charge in [0, 0.05) is 18.8 Å². The molecule has 23 heavy (non-hydrogen) atoms. The highest BCUT2D eigenvalue weighted by Crippen LogP contribution is 2.41. The fraction of sp³-hybridized carbons (Fsp3) is 0.500. The molecule has 0 bridgehead atoms. The summed E-state index contributed by atoms with van der Waals surface area (Å²) in [4.78, 5) is 26.6. The molecule has 1 N–H and O–H groups in total. The number of carbonyl (C=O) groups is 2. The molecule has 1 heterocycles. The average Bonchev–Trinajstić information content (AvgIpc) is 3.36. The van der Waals surface area contributed by atoms with Crippen molar-refractivity contribution in [3.8, 4) is 6.07 Å². The monoisotopic (exact) mass is 311 g/mol. The van der Waals surface area contributed by atoms with Crippen LogP contribution < -0.4 is 5.32 Å². The van der Waals surface area contributed by atoms with Crippen LogP contribution in [0.5, 0.6) is 0 Å². The van der Waals surface area contributed by atoms with Gasteiger partial charge < -0.3 is 10.2 Å². The van der Waals surface area contributed by atoms with E-state index in [-0.39, 0.29) is 23.7 Å². The molecule has 1 saturated carbocycles. The van der Waals surface area contributed by atoms with E-state index in [4.69, 9.17) is 5.26 Å². The van der Waals surface area contributed by atoms with Gasteiger partial charge in [-0.3, -0.25) is 9.59 Å². The van der Waals surface area contributed by atoms with Crippen LogP contribution in [0, 0.1) is 29.1 Å². The zero-order chi connectivity index (χ0) is 16.4. The molecule has 2 unspecified atom stereocenters. The van der Waals surface area contributed by atoms with Crippen LogP contribution in [-0.4, -0.2) is 29.8 Å². The molecule has 0 aromatic heterocycles. The van der Waals surface area contributed by atoms with E-state index < -0.39 is 0 Å². The Morgan fingerprint density at radius 3 is 2.43 bits per heavy atom. The maximum atomic E-state index is 12.4. The van der Waals surface area contributed by atoms with Crippen LogP contribution in [0.2, 0.25) is 0 Å². The number of nitrogens with one attached hydrogen (secondary N) is 1. The smallest absolute Gasteiger partial charge is 0.228 e. The number of rotatable bonds is 3. The first kappa shape index (κ1) is 15.5. The lowest BCUT2D eigenvalue weighted by atomic mass is 9.99. The Hall–Kier alpha value is -2.35. The molecular formula is C18H21N3O2. The molecule has 5 nitrogen and oxygen atoms in total. The Morgan fingerprint density at radius 1 is 1.17 bits per heavy atom. The van der Waals surface area contributed by atoms with E-state index in [2.05, 4.69) is 12.2 Å². The number of benzene rings is 1. The molecule has 120 valence electrons. The molecule has 1 saturated heterocycles. The van der Waals surface area contributed by atoms with Gasteiger partial charge in [0.25, 0.3) is 0 Å². The predicted octanol–water partition coefficient (Wildman–Crippen LogP) is 2.39. The molecule has 1 aromatic rings. The molecule has 1 aliphatic heterocycles. The van der Waals surface area contributed by atoms with Crippen LogP contribution in [0.4, 0.5) is 5.69 Å². The highest BCUT2D eigenvalue weighted by molar-refractivity contribution is 5.99. The number of nitriles is 1. The van der Waals surface area contributed by atoms with Gasteiger partial charge in [0.2, 0.25) is 11.8 Å². The van der Waals surface area contributed by atoms with Crippen molar-refractivity contribution in [1.82, 2.24) is 4.90 Å². The molecule has 2 fully saturated rings. The first-order valence-electron chi connectivity index (χ1n) is 8.18. The Morgan fingerprint density at radius 2 is 1.83 bits per heavy atom. The Balaban J connectivity index is 1.52. The molecule has 2 aliphatic rings. The van der Waals surface area contributed by atoms with Gasteiger partial charge in [-0.2, -0.15) is 5.26 Å². The van der Waals surface area contributed by atoms with Gasteiger partial charge in [0.05, 0.1) is 23.5 Å². The number of hydrogen-bond acceptors (Lipinski definition) is 3. The Bertz CT molecular complexity index is 639. The SMILES string of the molecule is CC1CCN(C(=O)C2CC2C(=O)Nc2ccc(C#N)cc2)CC1. The summed E-state index contributed by atoms with van der Waals surface area (Å²) < 4.78 is 0. The van der Waals surface area contributed by atoms with Crippen LogP contribution in [-0.2, 0) is 9.59 Å². The minimum Gasteiger partial charge on any atom is -0.342 e. The Kier molecular flexibility index (Phi) is 4.33. The van der Waals surface area contributed by atoms with Crippen molar-refractivity contribution in [2.24, 2.45) is 17.8 Å². The first-order valence-corrected chi connectivity index (χ1v) is 8.18. The van der Waals surface area contributed by atoms with Crippen LogP contribution in [0.25, 0.3) is 0 Å². The summed E-state index contributed by atoms with van der Waals surface area (Å²) in [5.74, 6) is 0.364. The van der Waals surface area contributed by atoms with E-state index in [0.29, 0.717) is 23.6 Å². The van der Waals surface area contributed by atoms with E-state index in [0.717, 1.165) is 25.9 Å². The summed E-state index contributed by atoms with van der Waals surface area (Å²) in [6.07, 6.45) is 2.76. The van der Waals surface area contributed by atoms with Crippen molar-refractivity contribution < 1.29 is 9.59 Å². The summed E-state index contributed by atoms with van der Waals surface area (Å²) in [6.45, 7) is 3.85. The van der Waals surface area contributed by atoms with E-state index in [1.165, 1.54) is 0 Å². The van der Waals surface area contributed by atoms with Crippen molar-refractivity contribution in [3.63, 3.8) is 0 Å². The lowest BCUT2D eigenvalue weighted by Gasteiger charge is -2.30. The zero-order valence-corrected chi connectivity index (χ0v) is 13.3. The molecule has 5 heteroatoms. The standard InChI is InChI=1S/C18H21N3O2/c1-12-6-8-21(9-7-12)18(23)16-10-15(16)17(22)20-14-4-2-13(11-19)3-5-14/h2-5,12,15-16H,6-10H2,1H3,(H,20,22). The fourth-order valence-corrected chi connectivity index (χ4v) is 3.08. The fourth-order valence-electron chi connectivity index (χ4n) is 3.08. The third-order valence-corrected chi connectivity index (χ3v) is 4.82. The van der Waals surface area contributed by atoms with Crippen LogP contribution >= 0.6 is 0 Å². The third kappa shape index (κ3) is 3.53. The van der Waals surface area contributed by atoms with Crippen molar-refractivity contribution in [2.75, 3.05) is 18.4 Å². The van der Waals surface area contributed by atoms with E-state index in [9.17, 15) is 9.59 Å². The van der Waals surface area contributed by atoms with Crippen LogP contribution in [0.1, 0.15) is 31.7 Å². The minimum absolute atomic E-state index is 0.0987. The maximum absolute atomic E-state index is 12.4. The molecule has 1 aliphatic carbocycles. The second-order valence-corrected chi connectivity index (χ2v) is 6.63. The summed E-state index contributed by atoms with van der Waals surface area (Å²) in [7, 11) is 0. The summed E-state index contributed by atoms with van der Waals surface area (Å²) in [5.41, 5.74) is 1.22. The van der Waals surface area contributed by atoms with Crippen LogP contribution in [0.15, 0.2) is 24.3 Å². The van der Waals surface area contributed by atoms with Crippen LogP contribution in [0.3, 0.4) is 0 Å². The van der Waals surface area contributed by atoms with Gasteiger partial charge in [-0.1, -0.05) is 6.92 Å². The quantitative estimate of drug-likeness (QED) is 0.931. The molecule has 2 atom stereocenters. The highest BCUT2D eigenvalue weighted by Gasteiger charge is 2.49. The normalized spacial score (nSPS) is 23.9. The maximum Gasteiger partial charge on any atom is 0.228 e. The number of hydrogen-bond donors (Lipinski definition) is 1. The molecule has 3 rings (SSSR count). The van der Waals surface area contributed by atoms with Gasteiger partial charge in [-0.15, -0.1) is 0 Å². The number of nitrogens with zero attached hydrogens (tertiary/aromatic N) is 2. The Labute approximate surface area is 136 Å². The van der Waals surface area contributed by atoms with E-state index in [1.807, 2.05) is 11.0 Å². The number of piperidine rings is 1. The van der Waals surface area contributed by atoms with Gasteiger partial charge >= 0.3 is 0 Å². The molecule has 0 radical (unpaired) electrons. The lowest BCUT2D eigenvalue weighted by molar-refractivity contribution is -0.135. The van der Waals surface area contributed by atoms with Gasteiger partial charge in [0.15, 0.2) is 0 Å². The molecule has 0 spiro atoms. The minimum atomic E-state index is -0.211. The number of anilines is 1. The first-order chi connectivity index (χ1) is 11.1. The van der Waals surface area contributed by atoms with Crippen molar-refractivity contribution in [3.05, 3.63) is 29.8 Å². The molecule has 1 aromatic carbocycles. The van der Waals surface area contributed by atoms with E-state index in [1.54, 1.807) is 24.3 Å². The second-order valence-electron chi connectivity index (χ2n) is 6.63. The average molecular weight is 311 g/mol. The van der Waals surface area contributed by atoms with Crippen molar-refractivity contribution in [1.29, 1.82) is 5.26 Å². The zero-order valence-electron chi connectivity index (χ0n) is 13.3. The van der Waals surface area contributed by atoms with Crippen molar-refractivity contribution in [2.45, 2.75) is 26.2 Å². The third-order valence-electron chi connectivity index (χ3n) is 4.82. The topological polar surface area (TPSA) is 73.2 Å². The van der Waals surface area contributed by atoms with E-state index >= 15 is 0 Å². The number of likely N-dealkylation sites (tertiary alicyclic amines) is 1. The second kappa shape index (κ2) is 6.41. The number of carbonyl (C=O) groups excluding carboxylic acids is 2. The summed E-state index contributed by atoms with van der Waals surface area (Å²) in [6, 6.07) is 8.79. The lowest BCUT2D eigenvalue weighted by Crippen LogP contribution is -2.39. The molecular weight excluding hydrogens is 290 g/mol. The van der Waals surface area contributed by atoms with Gasteiger partial charge in [-0.05, 0) is 49.4 Å².